The summed E-state index contributed by atoms with van der Waals surface area (Å²) in [5.74, 6) is 2.70. The summed E-state index contributed by atoms with van der Waals surface area (Å²) in [6.45, 7) is 2.33. The van der Waals surface area contributed by atoms with E-state index in [1.54, 1.807) is 5.71 Å². The Morgan fingerprint density at radius 3 is 2.71 bits per heavy atom. The molecule has 2 bridgehead atoms. The third kappa shape index (κ3) is 1.87. The standard InChI is InChI=1S/C13H23N/c1-3-11-8-10-6-4-5-7-12(9-10)13(11)14-2/h10-12H,3-9H2,1-2H3/b14-13-. The lowest BCUT2D eigenvalue weighted by Crippen LogP contribution is -2.31. The van der Waals surface area contributed by atoms with Gasteiger partial charge in [-0.15, -0.1) is 0 Å². The summed E-state index contributed by atoms with van der Waals surface area (Å²) in [6.07, 6.45) is 10.00. The lowest BCUT2D eigenvalue weighted by atomic mass is 9.72. The highest BCUT2D eigenvalue weighted by atomic mass is 14.7. The fraction of sp³-hybridized carbons (Fsp3) is 0.923. The molecule has 0 saturated heterocycles. The van der Waals surface area contributed by atoms with Gasteiger partial charge in [-0.2, -0.15) is 0 Å². The van der Waals surface area contributed by atoms with Gasteiger partial charge in [-0.1, -0.05) is 26.2 Å². The van der Waals surface area contributed by atoms with Crippen molar-refractivity contribution in [3.8, 4) is 0 Å². The minimum atomic E-state index is 0.821. The van der Waals surface area contributed by atoms with Crippen molar-refractivity contribution in [2.75, 3.05) is 7.05 Å². The van der Waals surface area contributed by atoms with Gasteiger partial charge in [-0.25, -0.2) is 0 Å². The van der Waals surface area contributed by atoms with Crippen molar-refractivity contribution < 1.29 is 0 Å². The molecule has 1 heteroatoms. The summed E-state index contributed by atoms with van der Waals surface area (Å²) in [7, 11) is 2.00. The van der Waals surface area contributed by atoms with Crippen molar-refractivity contribution in [3.63, 3.8) is 0 Å². The van der Waals surface area contributed by atoms with Crippen molar-refractivity contribution in [1.29, 1.82) is 0 Å². The van der Waals surface area contributed by atoms with Crippen molar-refractivity contribution in [2.45, 2.75) is 51.9 Å². The topological polar surface area (TPSA) is 12.4 Å². The molecule has 2 fully saturated rings. The molecule has 14 heavy (non-hydrogen) atoms. The lowest BCUT2D eigenvalue weighted by molar-refractivity contribution is 0.320. The zero-order chi connectivity index (χ0) is 9.97. The normalized spacial score (nSPS) is 41.0. The fourth-order valence-corrected chi connectivity index (χ4v) is 3.54. The Hall–Kier alpha value is -0.330. The van der Waals surface area contributed by atoms with Gasteiger partial charge in [0.05, 0.1) is 0 Å². The van der Waals surface area contributed by atoms with Crippen LogP contribution in [0.25, 0.3) is 0 Å². The van der Waals surface area contributed by atoms with Gasteiger partial charge < -0.3 is 0 Å². The molecule has 0 spiro atoms. The first-order valence-corrected chi connectivity index (χ1v) is 6.31. The van der Waals surface area contributed by atoms with E-state index < -0.39 is 0 Å². The SMILES string of the molecule is CCC1CC2CCCCC(C2)/C1=N\C. The molecule has 0 radical (unpaired) electrons. The summed E-state index contributed by atoms with van der Waals surface area (Å²) in [6, 6.07) is 0. The number of rotatable bonds is 1. The van der Waals surface area contributed by atoms with Crippen LogP contribution in [0.4, 0.5) is 0 Å². The third-order valence-corrected chi connectivity index (χ3v) is 4.24. The molecular formula is C13H23N. The Balaban J connectivity index is 2.16. The van der Waals surface area contributed by atoms with Crippen LogP contribution in [-0.2, 0) is 0 Å². The van der Waals surface area contributed by atoms with Gasteiger partial charge in [0.1, 0.15) is 0 Å². The van der Waals surface area contributed by atoms with E-state index in [9.17, 15) is 0 Å². The van der Waals surface area contributed by atoms with Crippen LogP contribution < -0.4 is 0 Å². The summed E-state index contributed by atoms with van der Waals surface area (Å²) in [5, 5.41) is 0. The molecule has 0 amide bonds. The highest BCUT2D eigenvalue weighted by molar-refractivity contribution is 5.89. The van der Waals surface area contributed by atoms with E-state index in [2.05, 4.69) is 11.9 Å². The predicted octanol–water partition coefficient (Wildman–Crippen LogP) is 3.68. The molecule has 3 unspecified atom stereocenters. The quantitative estimate of drug-likeness (QED) is 0.602. The lowest BCUT2D eigenvalue weighted by Gasteiger charge is -2.34. The molecule has 80 valence electrons. The van der Waals surface area contributed by atoms with Crippen LogP contribution in [-0.4, -0.2) is 12.8 Å². The Bertz CT molecular complexity index is 219. The second-order valence-corrected chi connectivity index (χ2v) is 5.07. The van der Waals surface area contributed by atoms with Crippen LogP contribution in [0.3, 0.4) is 0 Å². The molecule has 3 atom stereocenters. The van der Waals surface area contributed by atoms with E-state index in [1.807, 2.05) is 7.05 Å². The van der Waals surface area contributed by atoms with Gasteiger partial charge in [-0.3, -0.25) is 4.99 Å². The minimum absolute atomic E-state index is 0.821. The Morgan fingerprint density at radius 1 is 1.21 bits per heavy atom. The van der Waals surface area contributed by atoms with Crippen LogP contribution in [0.2, 0.25) is 0 Å². The van der Waals surface area contributed by atoms with Crippen LogP contribution >= 0.6 is 0 Å². The van der Waals surface area contributed by atoms with Crippen molar-refractivity contribution in [2.24, 2.45) is 22.7 Å². The Morgan fingerprint density at radius 2 is 2.00 bits per heavy atom. The van der Waals surface area contributed by atoms with Gasteiger partial charge in [0, 0.05) is 12.8 Å². The average Bonchev–Trinajstić information content (AvgIpc) is 2.40. The number of fused-ring (bicyclic) bond motifs is 2. The molecule has 1 nitrogen and oxygen atoms in total. The summed E-state index contributed by atoms with van der Waals surface area (Å²) in [4.78, 5) is 4.58. The molecule has 2 rings (SSSR count). The van der Waals surface area contributed by atoms with Gasteiger partial charge >= 0.3 is 0 Å². The molecule has 0 aliphatic heterocycles. The predicted molar refractivity (Wildman–Crippen MR) is 61.8 cm³/mol. The third-order valence-electron chi connectivity index (χ3n) is 4.24. The molecule has 0 N–H and O–H groups in total. The molecule has 0 aromatic rings. The summed E-state index contributed by atoms with van der Waals surface area (Å²) < 4.78 is 0. The monoisotopic (exact) mass is 193 g/mol. The highest BCUT2D eigenvalue weighted by Gasteiger charge is 2.34. The van der Waals surface area contributed by atoms with E-state index in [-0.39, 0.29) is 0 Å². The molecular weight excluding hydrogens is 170 g/mol. The highest BCUT2D eigenvalue weighted by Crippen LogP contribution is 2.40. The fourth-order valence-electron chi connectivity index (χ4n) is 3.54. The molecule has 2 aliphatic carbocycles. The Kier molecular flexibility index (Phi) is 3.25. The zero-order valence-corrected chi connectivity index (χ0v) is 9.63. The molecule has 0 aromatic carbocycles. The van der Waals surface area contributed by atoms with Gasteiger partial charge in [0.15, 0.2) is 0 Å². The minimum Gasteiger partial charge on any atom is -0.297 e. The van der Waals surface area contributed by atoms with E-state index in [4.69, 9.17) is 0 Å². The number of nitrogens with zero attached hydrogens (tertiary/aromatic N) is 1. The summed E-state index contributed by atoms with van der Waals surface area (Å²) >= 11 is 0. The van der Waals surface area contributed by atoms with Crippen molar-refractivity contribution in [1.82, 2.24) is 0 Å². The van der Waals surface area contributed by atoms with Crippen molar-refractivity contribution >= 4 is 5.71 Å². The molecule has 0 aromatic heterocycles. The first-order chi connectivity index (χ1) is 6.85. The number of aliphatic imine (C=N–C) groups is 1. The zero-order valence-electron chi connectivity index (χ0n) is 9.63. The molecule has 2 aliphatic rings. The molecule has 2 saturated carbocycles. The number of hydrogen-bond donors (Lipinski definition) is 0. The second kappa shape index (κ2) is 4.46. The first kappa shape index (κ1) is 10.2. The maximum atomic E-state index is 4.58. The smallest absolute Gasteiger partial charge is 0.0276 e. The van der Waals surface area contributed by atoms with Crippen molar-refractivity contribution in [3.05, 3.63) is 0 Å². The second-order valence-electron chi connectivity index (χ2n) is 5.07. The van der Waals surface area contributed by atoms with E-state index in [0.717, 1.165) is 17.8 Å². The van der Waals surface area contributed by atoms with Gasteiger partial charge in [0.25, 0.3) is 0 Å². The van der Waals surface area contributed by atoms with Crippen LogP contribution in [0.15, 0.2) is 4.99 Å². The van der Waals surface area contributed by atoms with Crippen LogP contribution in [0, 0.1) is 17.8 Å². The first-order valence-electron chi connectivity index (χ1n) is 6.31. The van der Waals surface area contributed by atoms with E-state index in [1.165, 1.54) is 44.9 Å². The average molecular weight is 193 g/mol. The maximum absolute atomic E-state index is 4.58. The Labute approximate surface area is 88.0 Å². The largest absolute Gasteiger partial charge is 0.297 e. The van der Waals surface area contributed by atoms with E-state index in [0.29, 0.717) is 0 Å². The molecule has 0 heterocycles. The maximum Gasteiger partial charge on any atom is 0.0276 e. The van der Waals surface area contributed by atoms with Gasteiger partial charge in [0.2, 0.25) is 0 Å². The van der Waals surface area contributed by atoms with Gasteiger partial charge in [-0.05, 0) is 43.4 Å². The summed E-state index contributed by atoms with van der Waals surface area (Å²) in [5.41, 5.74) is 1.56. The number of hydrogen-bond acceptors (Lipinski definition) is 1. The van der Waals surface area contributed by atoms with Crippen LogP contribution in [0.1, 0.15) is 51.9 Å². The van der Waals surface area contributed by atoms with E-state index >= 15 is 0 Å². The van der Waals surface area contributed by atoms with Crippen LogP contribution in [0.5, 0.6) is 0 Å².